The van der Waals surface area contributed by atoms with Gasteiger partial charge in [-0.3, -0.25) is 10.00 Å². The number of nitrogens with zero attached hydrogens (tertiary/aromatic N) is 4. The lowest BCUT2D eigenvalue weighted by molar-refractivity contribution is 0.132. The zero-order chi connectivity index (χ0) is 12.4. The molecule has 1 aliphatic heterocycles. The summed E-state index contributed by atoms with van der Waals surface area (Å²) in [5.41, 5.74) is 1.23. The van der Waals surface area contributed by atoms with Gasteiger partial charge in [-0.05, 0) is 25.5 Å². The normalized spacial score (nSPS) is 21.3. The zero-order valence-electron chi connectivity index (χ0n) is 10.7. The average molecular weight is 245 g/mol. The Morgan fingerprint density at radius 3 is 3.06 bits per heavy atom. The van der Waals surface area contributed by atoms with Crippen LogP contribution in [0.5, 0.6) is 0 Å². The Morgan fingerprint density at radius 2 is 2.33 bits per heavy atom. The summed E-state index contributed by atoms with van der Waals surface area (Å²) in [6.45, 7) is 2.05. The van der Waals surface area contributed by atoms with E-state index >= 15 is 0 Å². The van der Waals surface area contributed by atoms with Crippen LogP contribution in [0.15, 0.2) is 24.7 Å². The molecule has 0 radical (unpaired) electrons. The number of nitrogens with one attached hydrogen (secondary N) is 1. The van der Waals surface area contributed by atoms with Crippen molar-refractivity contribution in [1.29, 1.82) is 0 Å². The van der Waals surface area contributed by atoms with E-state index in [9.17, 15) is 0 Å². The average Bonchev–Trinajstić information content (AvgIpc) is 3.03. The zero-order valence-corrected chi connectivity index (χ0v) is 10.7. The van der Waals surface area contributed by atoms with Crippen molar-refractivity contribution < 1.29 is 0 Å². The lowest BCUT2D eigenvalue weighted by atomic mass is 9.99. The van der Waals surface area contributed by atoms with Crippen LogP contribution in [0.25, 0.3) is 0 Å². The Labute approximate surface area is 107 Å². The first kappa shape index (κ1) is 11.5. The molecule has 1 unspecified atom stereocenters. The van der Waals surface area contributed by atoms with E-state index < -0.39 is 0 Å². The first-order chi connectivity index (χ1) is 8.84. The molecule has 1 aliphatic rings. The minimum atomic E-state index is 0.456. The fraction of sp³-hybridized carbons (Fsp3) is 0.538. The van der Waals surface area contributed by atoms with E-state index in [4.69, 9.17) is 0 Å². The van der Waals surface area contributed by atoms with Gasteiger partial charge in [0.2, 0.25) is 0 Å². The lowest BCUT2D eigenvalue weighted by Crippen LogP contribution is -2.34. The van der Waals surface area contributed by atoms with E-state index in [2.05, 4.69) is 37.8 Å². The summed E-state index contributed by atoms with van der Waals surface area (Å²) >= 11 is 0. The Kier molecular flexibility index (Phi) is 3.15. The van der Waals surface area contributed by atoms with Crippen LogP contribution in [-0.2, 0) is 13.6 Å². The minimum Gasteiger partial charge on any atom is -0.337 e. The summed E-state index contributed by atoms with van der Waals surface area (Å²) in [7, 11) is 2.05. The minimum absolute atomic E-state index is 0.456. The SMILES string of the molecule is Cn1ccnc1CN1CCCCC1c1ccn[nH]1. The molecular weight excluding hydrogens is 226 g/mol. The maximum atomic E-state index is 4.42. The molecule has 0 bridgehead atoms. The molecule has 1 atom stereocenters. The number of aromatic amines is 1. The van der Waals surface area contributed by atoms with Gasteiger partial charge in [-0.1, -0.05) is 6.42 Å². The molecule has 0 aliphatic carbocycles. The van der Waals surface area contributed by atoms with Gasteiger partial charge in [-0.25, -0.2) is 4.98 Å². The standard InChI is InChI=1S/C13H19N5/c1-17-9-7-14-13(17)10-18-8-3-2-4-12(18)11-5-6-15-16-11/h5-7,9,12H,2-4,8,10H2,1H3,(H,15,16). The molecule has 5 nitrogen and oxygen atoms in total. The molecule has 0 aromatic carbocycles. The fourth-order valence-corrected chi connectivity index (χ4v) is 2.72. The maximum absolute atomic E-state index is 4.42. The molecular formula is C13H19N5. The summed E-state index contributed by atoms with van der Waals surface area (Å²) in [5.74, 6) is 1.13. The van der Waals surface area contributed by atoms with Crippen molar-refractivity contribution in [1.82, 2.24) is 24.6 Å². The second-order valence-corrected chi connectivity index (χ2v) is 4.95. The van der Waals surface area contributed by atoms with Gasteiger partial charge in [0.05, 0.1) is 18.3 Å². The van der Waals surface area contributed by atoms with Gasteiger partial charge in [0.25, 0.3) is 0 Å². The second kappa shape index (κ2) is 4.94. The fourth-order valence-electron chi connectivity index (χ4n) is 2.72. The number of H-pyrrole nitrogens is 1. The molecule has 18 heavy (non-hydrogen) atoms. The van der Waals surface area contributed by atoms with Crippen molar-refractivity contribution in [2.75, 3.05) is 6.54 Å². The molecule has 96 valence electrons. The topological polar surface area (TPSA) is 49.7 Å². The third kappa shape index (κ3) is 2.18. The van der Waals surface area contributed by atoms with Gasteiger partial charge < -0.3 is 4.57 Å². The third-order valence-electron chi connectivity index (χ3n) is 3.76. The van der Waals surface area contributed by atoms with Crippen LogP contribution >= 0.6 is 0 Å². The molecule has 0 amide bonds. The summed E-state index contributed by atoms with van der Waals surface area (Å²) in [6.07, 6.45) is 9.47. The van der Waals surface area contributed by atoms with Crippen molar-refractivity contribution in [2.24, 2.45) is 7.05 Å². The first-order valence-electron chi connectivity index (χ1n) is 6.54. The molecule has 1 saturated heterocycles. The molecule has 2 aromatic rings. The highest BCUT2D eigenvalue weighted by Crippen LogP contribution is 2.30. The second-order valence-electron chi connectivity index (χ2n) is 4.95. The number of likely N-dealkylation sites (tertiary alicyclic amines) is 1. The first-order valence-corrected chi connectivity index (χ1v) is 6.54. The molecule has 1 fully saturated rings. The van der Waals surface area contributed by atoms with Crippen LogP contribution in [0.2, 0.25) is 0 Å². The van der Waals surface area contributed by atoms with Crippen molar-refractivity contribution in [2.45, 2.75) is 31.8 Å². The van der Waals surface area contributed by atoms with Gasteiger partial charge in [-0.2, -0.15) is 5.10 Å². The molecule has 2 aromatic heterocycles. The van der Waals surface area contributed by atoms with E-state index in [1.807, 2.05) is 18.6 Å². The van der Waals surface area contributed by atoms with Gasteiger partial charge in [0, 0.05) is 25.6 Å². The number of aromatic nitrogens is 4. The Hall–Kier alpha value is -1.62. The van der Waals surface area contributed by atoms with Crippen LogP contribution in [0.1, 0.15) is 36.8 Å². The number of aryl methyl sites for hydroxylation is 1. The Bertz CT molecular complexity index is 487. The van der Waals surface area contributed by atoms with E-state index in [1.54, 1.807) is 0 Å². The summed E-state index contributed by atoms with van der Waals surface area (Å²) in [6, 6.07) is 2.54. The van der Waals surface area contributed by atoms with E-state index in [0.717, 1.165) is 18.9 Å². The van der Waals surface area contributed by atoms with E-state index in [-0.39, 0.29) is 0 Å². The summed E-state index contributed by atoms with van der Waals surface area (Å²) in [4.78, 5) is 6.92. The van der Waals surface area contributed by atoms with Gasteiger partial charge >= 0.3 is 0 Å². The van der Waals surface area contributed by atoms with Gasteiger partial charge in [0.1, 0.15) is 5.82 Å². The molecule has 5 heteroatoms. The number of hydrogen-bond donors (Lipinski definition) is 1. The molecule has 3 heterocycles. The highest BCUT2D eigenvalue weighted by Gasteiger charge is 2.25. The maximum Gasteiger partial charge on any atom is 0.122 e. The lowest BCUT2D eigenvalue weighted by Gasteiger charge is -2.34. The predicted molar refractivity (Wildman–Crippen MR) is 68.8 cm³/mol. The number of rotatable bonds is 3. The van der Waals surface area contributed by atoms with Crippen LogP contribution in [0, 0.1) is 0 Å². The van der Waals surface area contributed by atoms with Crippen molar-refractivity contribution in [3.8, 4) is 0 Å². The smallest absolute Gasteiger partial charge is 0.122 e. The summed E-state index contributed by atoms with van der Waals surface area (Å²) < 4.78 is 2.10. The van der Waals surface area contributed by atoms with Crippen molar-refractivity contribution in [3.05, 3.63) is 36.2 Å². The monoisotopic (exact) mass is 245 g/mol. The molecule has 0 saturated carbocycles. The van der Waals surface area contributed by atoms with Crippen LogP contribution in [-0.4, -0.2) is 31.2 Å². The quantitative estimate of drug-likeness (QED) is 0.898. The van der Waals surface area contributed by atoms with Crippen molar-refractivity contribution >= 4 is 0 Å². The summed E-state index contributed by atoms with van der Waals surface area (Å²) in [5, 5.41) is 7.19. The number of piperidine rings is 1. The van der Waals surface area contributed by atoms with Gasteiger partial charge in [0.15, 0.2) is 0 Å². The van der Waals surface area contributed by atoms with E-state index in [1.165, 1.54) is 25.0 Å². The molecule has 3 rings (SSSR count). The van der Waals surface area contributed by atoms with Crippen molar-refractivity contribution in [3.63, 3.8) is 0 Å². The highest BCUT2D eigenvalue weighted by atomic mass is 15.2. The van der Waals surface area contributed by atoms with Gasteiger partial charge in [-0.15, -0.1) is 0 Å². The molecule has 0 spiro atoms. The largest absolute Gasteiger partial charge is 0.337 e. The van der Waals surface area contributed by atoms with E-state index in [0.29, 0.717) is 6.04 Å². The number of imidazole rings is 1. The predicted octanol–water partition coefficient (Wildman–Crippen LogP) is 1.87. The third-order valence-corrected chi connectivity index (χ3v) is 3.76. The number of hydrogen-bond acceptors (Lipinski definition) is 3. The Balaban J connectivity index is 1.78. The van der Waals surface area contributed by atoms with Crippen LogP contribution in [0.4, 0.5) is 0 Å². The highest BCUT2D eigenvalue weighted by molar-refractivity contribution is 5.07. The van der Waals surface area contributed by atoms with Crippen LogP contribution in [0.3, 0.4) is 0 Å². The Morgan fingerprint density at radius 1 is 1.39 bits per heavy atom. The van der Waals surface area contributed by atoms with Crippen LogP contribution < -0.4 is 0 Å². The molecule has 1 N–H and O–H groups in total.